The van der Waals surface area contributed by atoms with E-state index in [4.69, 9.17) is 17.8 Å². The summed E-state index contributed by atoms with van der Waals surface area (Å²) in [5.74, 6) is -0.0281. The molecule has 0 aromatic heterocycles. The van der Waals surface area contributed by atoms with Gasteiger partial charge in [0.25, 0.3) is 0 Å². The Balaban J connectivity index is 1.35. The molecule has 2 rings (SSSR count). The Kier molecular flexibility index (Phi) is 13.1. The number of ether oxygens (including phenoxy) is 2. The molecule has 0 unspecified atom stereocenters. The maximum absolute atomic E-state index is 11.7. The lowest BCUT2D eigenvalue weighted by Crippen LogP contribution is -2.14. The van der Waals surface area contributed by atoms with Crippen LogP contribution in [0.1, 0.15) is 89.9 Å². The van der Waals surface area contributed by atoms with E-state index in [1.54, 1.807) is 0 Å². The van der Waals surface area contributed by atoms with Gasteiger partial charge in [-0.25, -0.2) is 0 Å². The van der Waals surface area contributed by atoms with Crippen LogP contribution in [0.2, 0.25) is 0 Å². The van der Waals surface area contributed by atoms with Gasteiger partial charge in [-0.1, -0.05) is 38.5 Å². The van der Waals surface area contributed by atoms with Gasteiger partial charge in [0.05, 0.1) is 12.2 Å². The Morgan fingerprint density at radius 2 is 1.04 bits per heavy atom. The number of hydrogen-bond donors (Lipinski definition) is 0. The van der Waals surface area contributed by atoms with Crippen molar-refractivity contribution in [3.05, 3.63) is 0 Å². The number of unbranched alkanes of at least 4 members (excludes halogenated alkanes) is 1. The van der Waals surface area contributed by atoms with Crippen LogP contribution in [0, 0.1) is 0 Å². The van der Waals surface area contributed by atoms with Crippen LogP contribution in [0.25, 0.3) is 0 Å². The fraction of sp³-hybridized carbons (Fsp3) is 0.900. The molecule has 0 spiro atoms. The van der Waals surface area contributed by atoms with Gasteiger partial charge in [-0.15, -0.1) is 0 Å². The second-order valence-corrected chi connectivity index (χ2v) is 8.75. The van der Waals surface area contributed by atoms with E-state index < -0.39 is 0 Å². The highest BCUT2D eigenvalue weighted by molar-refractivity contribution is 7.94. The van der Waals surface area contributed by atoms with Crippen LogP contribution in [0.15, 0.2) is 0 Å². The standard InChI is InChI=1S/C20H34O6S2/c21-19(23-15-27-25-17-9-3-1-4-10-17)13-7-8-14-20(22)24-16-28-26-18-11-5-2-6-12-18/h17-18H,1-16H2. The van der Waals surface area contributed by atoms with Crippen molar-refractivity contribution in [3.8, 4) is 0 Å². The summed E-state index contributed by atoms with van der Waals surface area (Å²) in [5, 5.41) is 0. The molecule has 0 N–H and O–H groups in total. The first-order valence-corrected chi connectivity index (χ1v) is 12.4. The largest absolute Gasteiger partial charge is 0.452 e. The quantitative estimate of drug-likeness (QED) is 0.162. The van der Waals surface area contributed by atoms with Gasteiger partial charge < -0.3 is 17.8 Å². The predicted molar refractivity (Wildman–Crippen MR) is 111 cm³/mol. The summed E-state index contributed by atoms with van der Waals surface area (Å²) < 4.78 is 21.6. The van der Waals surface area contributed by atoms with E-state index in [-0.39, 0.29) is 23.8 Å². The molecule has 0 heterocycles. The third-order valence-corrected chi connectivity index (χ3v) is 6.31. The van der Waals surface area contributed by atoms with Crippen molar-refractivity contribution >= 4 is 36.0 Å². The second-order valence-electron chi connectivity index (χ2n) is 7.42. The molecular weight excluding hydrogens is 400 g/mol. The molecule has 2 aliphatic carbocycles. The van der Waals surface area contributed by atoms with E-state index in [9.17, 15) is 9.59 Å². The molecule has 28 heavy (non-hydrogen) atoms. The highest BCUT2D eigenvalue weighted by Gasteiger charge is 2.15. The Labute approximate surface area is 177 Å². The average molecular weight is 435 g/mol. The van der Waals surface area contributed by atoms with Crippen molar-refractivity contribution in [2.45, 2.75) is 102 Å². The summed E-state index contributed by atoms with van der Waals surface area (Å²) in [6.07, 6.45) is 14.3. The van der Waals surface area contributed by atoms with Crippen LogP contribution in [0.4, 0.5) is 0 Å². The average Bonchev–Trinajstić information content (AvgIpc) is 2.73. The van der Waals surface area contributed by atoms with Crippen LogP contribution in [-0.4, -0.2) is 36.0 Å². The Bertz CT molecular complexity index is 396. The molecule has 0 bridgehead atoms. The highest BCUT2D eigenvalue weighted by Crippen LogP contribution is 2.25. The maximum Gasteiger partial charge on any atom is 0.306 e. The SMILES string of the molecule is O=C(CCCCC(=O)OCSOC1CCCCC1)OCSOC1CCCCC1. The minimum atomic E-state index is -0.246. The topological polar surface area (TPSA) is 71.1 Å². The molecule has 162 valence electrons. The monoisotopic (exact) mass is 434 g/mol. The first kappa shape index (κ1) is 23.8. The van der Waals surface area contributed by atoms with Gasteiger partial charge in [-0.3, -0.25) is 9.59 Å². The van der Waals surface area contributed by atoms with Crippen LogP contribution < -0.4 is 0 Å². The second kappa shape index (κ2) is 15.4. The lowest BCUT2D eigenvalue weighted by Gasteiger charge is -2.20. The predicted octanol–water partition coefficient (Wildman–Crippen LogP) is 5.54. The smallest absolute Gasteiger partial charge is 0.306 e. The number of hydrogen-bond acceptors (Lipinski definition) is 8. The van der Waals surface area contributed by atoms with Gasteiger partial charge in [0, 0.05) is 36.9 Å². The zero-order valence-corrected chi connectivity index (χ0v) is 18.4. The van der Waals surface area contributed by atoms with E-state index in [0.717, 1.165) is 25.7 Å². The molecule has 8 heteroatoms. The highest BCUT2D eigenvalue weighted by atomic mass is 32.2. The van der Waals surface area contributed by atoms with Crippen LogP contribution >= 0.6 is 24.1 Å². The molecule has 6 nitrogen and oxygen atoms in total. The number of carbonyl (C=O) groups excluding carboxylic acids is 2. The van der Waals surface area contributed by atoms with Gasteiger partial charge >= 0.3 is 11.9 Å². The third-order valence-electron chi connectivity index (χ3n) is 5.06. The van der Waals surface area contributed by atoms with Gasteiger partial charge in [0.2, 0.25) is 0 Å². The Morgan fingerprint density at radius 1 is 0.643 bits per heavy atom. The molecule has 0 radical (unpaired) electrons. The third kappa shape index (κ3) is 11.5. The zero-order chi connectivity index (χ0) is 19.9. The Hall–Kier alpha value is -0.440. The van der Waals surface area contributed by atoms with Crippen LogP contribution in [-0.2, 0) is 27.4 Å². The fourth-order valence-corrected chi connectivity index (χ4v) is 4.67. The molecule has 0 atom stereocenters. The molecule has 0 aromatic carbocycles. The van der Waals surface area contributed by atoms with Gasteiger partial charge in [-0.2, -0.15) is 0 Å². The minimum absolute atomic E-state index is 0.232. The number of esters is 2. The van der Waals surface area contributed by atoms with Crippen molar-refractivity contribution in [2.24, 2.45) is 0 Å². The fourth-order valence-electron chi connectivity index (χ4n) is 3.43. The first-order chi connectivity index (χ1) is 13.7. The summed E-state index contributed by atoms with van der Waals surface area (Å²) in [5.41, 5.74) is 0. The van der Waals surface area contributed by atoms with E-state index in [1.165, 1.54) is 62.6 Å². The zero-order valence-electron chi connectivity index (χ0n) is 16.7. The van der Waals surface area contributed by atoms with Crippen molar-refractivity contribution in [2.75, 3.05) is 11.9 Å². The molecule has 0 amide bonds. The summed E-state index contributed by atoms with van der Waals surface area (Å²) in [6.45, 7) is 0. The van der Waals surface area contributed by atoms with Crippen LogP contribution in [0.3, 0.4) is 0 Å². The molecule has 0 aromatic rings. The molecule has 0 aliphatic heterocycles. The van der Waals surface area contributed by atoms with Crippen molar-refractivity contribution < 1.29 is 27.4 Å². The molecular formula is C20H34O6S2. The van der Waals surface area contributed by atoms with E-state index >= 15 is 0 Å². The number of carbonyl (C=O) groups is 2. The number of rotatable bonds is 13. The summed E-state index contributed by atoms with van der Waals surface area (Å²) in [4.78, 5) is 23.3. The van der Waals surface area contributed by atoms with E-state index in [2.05, 4.69) is 0 Å². The van der Waals surface area contributed by atoms with Gasteiger partial charge in [0.1, 0.15) is 0 Å². The molecule has 0 saturated heterocycles. The lowest BCUT2D eigenvalue weighted by atomic mass is 9.98. The van der Waals surface area contributed by atoms with E-state index in [1.807, 2.05) is 0 Å². The van der Waals surface area contributed by atoms with Crippen molar-refractivity contribution in [1.29, 1.82) is 0 Å². The normalized spacial score (nSPS) is 18.7. The summed E-state index contributed by atoms with van der Waals surface area (Å²) in [7, 11) is 0. The van der Waals surface area contributed by atoms with Gasteiger partial charge in [0.15, 0.2) is 11.9 Å². The summed E-state index contributed by atoms with van der Waals surface area (Å²) in [6, 6.07) is 0. The maximum atomic E-state index is 11.7. The minimum Gasteiger partial charge on any atom is -0.452 e. The molecule has 2 fully saturated rings. The van der Waals surface area contributed by atoms with Crippen LogP contribution in [0.5, 0.6) is 0 Å². The lowest BCUT2D eigenvalue weighted by molar-refractivity contribution is -0.143. The first-order valence-electron chi connectivity index (χ1n) is 10.6. The van der Waals surface area contributed by atoms with Crippen molar-refractivity contribution in [3.63, 3.8) is 0 Å². The summed E-state index contributed by atoms with van der Waals surface area (Å²) >= 11 is 2.44. The Morgan fingerprint density at radius 3 is 1.43 bits per heavy atom. The molecule has 2 aliphatic rings. The van der Waals surface area contributed by atoms with Gasteiger partial charge in [-0.05, 0) is 38.5 Å². The molecule has 2 saturated carbocycles. The van der Waals surface area contributed by atoms with E-state index in [0.29, 0.717) is 37.9 Å². The van der Waals surface area contributed by atoms with Crippen molar-refractivity contribution in [1.82, 2.24) is 0 Å².